The fourth-order valence-corrected chi connectivity index (χ4v) is 3.23. The third kappa shape index (κ3) is 7.35. The summed E-state index contributed by atoms with van der Waals surface area (Å²) in [6.07, 6.45) is 1.70. The summed E-state index contributed by atoms with van der Waals surface area (Å²) in [4.78, 5) is 12.0. The number of aryl methyl sites for hydroxylation is 1. The second kappa shape index (κ2) is 10.7. The molecule has 2 atom stereocenters. The van der Waals surface area contributed by atoms with Gasteiger partial charge in [-0.25, -0.2) is 4.39 Å². The first-order chi connectivity index (χ1) is 12.5. The van der Waals surface area contributed by atoms with Crippen LogP contribution in [0.5, 0.6) is 5.75 Å². The molecular weight excluding hydrogens is 353 g/mol. The highest BCUT2D eigenvalue weighted by atomic mass is 32.2. The standard InChI is InChI=1S/C20H24FNO3S/c1-16(11-12-17-7-3-2-4-8-17)22-20(23)15-26(24)14-13-25-19-10-6-5-9-18(19)21/h2-10,16H,11-15H2,1H3,(H,22,23)/t16-,26-/m1/s1. The molecule has 0 heterocycles. The van der Waals surface area contributed by atoms with E-state index in [4.69, 9.17) is 4.74 Å². The normalized spacial score (nSPS) is 13.0. The van der Waals surface area contributed by atoms with Crippen LogP contribution in [0.15, 0.2) is 54.6 Å². The average molecular weight is 377 g/mol. The summed E-state index contributed by atoms with van der Waals surface area (Å²) in [5.74, 6) is -0.460. The van der Waals surface area contributed by atoms with E-state index in [1.807, 2.05) is 25.1 Å². The van der Waals surface area contributed by atoms with Crippen LogP contribution in [-0.4, -0.2) is 34.3 Å². The molecule has 0 aliphatic carbocycles. The lowest BCUT2D eigenvalue weighted by Gasteiger charge is -2.14. The maximum atomic E-state index is 13.4. The summed E-state index contributed by atoms with van der Waals surface area (Å²) in [6, 6.07) is 16.1. The molecule has 1 N–H and O–H groups in total. The molecule has 0 spiro atoms. The molecule has 2 rings (SSSR count). The summed E-state index contributed by atoms with van der Waals surface area (Å²) in [6.45, 7) is 2.04. The molecule has 140 valence electrons. The first-order valence-electron chi connectivity index (χ1n) is 8.60. The first-order valence-corrected chi connectivity index (χ1v) is 10.1. The Bertz CT molecular complexity index is 724. The van der Waals surface area contributed by atoms with Gasteiger partial charge in [0, 0.05) is 16.8 Å². The molecule has 4 nitrogen and oxygen atoms in total. The lowest BCUT2D eigenvalue weighted by molar-refractivity contribution is -0.119. The van der Waals surface area contributed by atoms with Crippen LogP contribution in [0.3, 0.4) is 0 Å². The van der Waals surface area contributed by atoms with Gasteiger partial charge in [0.25, 0.3) is 0 Å². The van der Waals surface area contributed by atoms with E-state index >= 15 is 0 Å². The fraction of sp³-hybridized carbons (Fsp3) is 0.350. The lowest BCUT2D eigenvalue weighted by Crippen LogP contribution is -2.36. The number of carbonyl (C=O) groups excluding carboxylic acids is 1. The van der Waals surface area contributed by atoms with Gasteiger partial charge in [0.15, 0.2) is 11.6 Å². The highest BCUT2D eigenvalue weighted by Crippen LogP contribution is 2.15. The molecule has 0 saturated carbocycles. The fourth-order valence-electron chi connectivity index (χ4n) is 2.44. The van der Waals surface area contributed by atoms with Crippen LogP contribution in [0.2, 0.25) is 0 Å². The Hall–Kier alpha value is -2.21. The molecule has 0 saturated heterocycles. The van der Waals surface area contributed by atoms with E-state index in [1.165, 1.54) is 17.7 Å². The van der Waals surface area contributed by atoms with E-state index in [0.717, 1.165) is 12.8 Å². The van der Waals surface area contributed by atoms with Gasteiger partial charge in [-0.1, -0.05) is 42.5 Å². The molecule has 0 aromatic heterocycles. The average Bonchev–Trinajstić information content (AvgIpc) is 2.62. The van der Waals surface area contributed by atoms with E-state index in [2.05, 4.69) is 17.4 Å². The molecule has 2 aromatic rings. The van der Waals surface area contributed by atoms with Crippen LogP contribution >= 0.6 is 0 Å². The molecular formula is C20H24FNO3S. The maximum Gasteiger partial charge on any atom is 0.232 e. The second-order valence-corrected chi connectivity index (χ2v) is 7.64. The molecule has 0 bridgehead atoms. The van der Waals surface area contributed by atoms with Crippen LogP contribution < -0.4 is 10.1 Å². The predicted molar refractivity (Wildman–Crippen MR) is 102 cm³/mol. The Balaban J connectivity index is 1.63. The summed E-state index contributed by atoms with van der Waals surface area (Å²) < 4.78 is 30.6. The minimum atomic E-state index is -1.35. The van der Waals surface area contributed by atoms with Gasteiger partial charge in [0.2, 0.25) is 5.91 Å². The minimum absolute atomic E-state index is 0.00868. The van der Waals surface area contributed by atoms with Crippen molar-refractivity contribution < 1.29 is 18.1 Å². The largest absolute Gasteiger partial charge is 0.490 e. The Kier molecular flexibility index (Phi) is 8.28. The van der Waals surface area contributed by atoms with Crippen LogP contribution in [0, 0.1) is 5.82 Å². The van der Waals surface area contributed by atoms with Crippen molar-refractivity contribution in [2.24, 2.45) is 0 Å². The smallest absolute Gasteiger partial charge is 0.232 e. The zero-order valence-corrected chi connectivity index (χ0v) is 15.6. The van der Waals surface area contributed by atoms with Gasteiger partial charge < -0.3 is 10.1 Å². The maximum absolute atomic E-state index is 13.4. The Morgan fingerprint density at radius 2 is 1.85 bits per heavy atom. The highest BCUT2D eigenvalue weighted by Gasteiger charge is 2.12. The van der Waals surface area contributed by atoms with Crippen molar-refractivity contribution in [3.8, 4) is 5.75 Å². The van der Waals surface area contributed by atoms with Gasteiger partial charge in [-0.05, 0) is 37.5 Å². The summed E-state index contributed by atoms with van der Waals surface area (Å²) in [5, 5.41) is 2.87. The van der Waals surface area contributed by atoms with Crippen molar-refractivity contribution in [3.05, 3.63) is 66.0 Å². The molecule has 0 unspecified atom stereocenters. The number of halogens is 1. The minimum Gasteiger partial charge on any atom is -0.490 e. The zero-order chi connectivity index (χ0) is 18.8. The molecule has 2 aromatic carbocycles. The quantitative estimate of drug-likeness (QED) is 0.692. The van der Waals surface area contributed by atoms with Gasteiger partial charge in [0.05, 0.1) is 12.4 Å². The summed E-state index contributed by atoms with van der Waals surface area (Å²) >= 11 is 0. The van der Waals surface area contributed by atoms with Gasteiger partial charge >= 0.3 is 0 Å². The van der Waals surface area contributed by atoms with E-state index in [0.29, 0.717) is 0 Å². The van der Waals surface area contributed by atoms with Crippen molar-refractivity contribution >= 4 is 16.7 Å². The molecule has 0 aliphatic rings. The third-order valence-corrected chi connectivity index (χ3v) is 5.02. The lowest BCUT2D eigenvalue weighted by atomic mass is 10.1. The second-order valence-electron chi connectivity index (χ2n) is 6.06. The van der Waals surface area contributed by atoms with Gasteiger partial charge in [0.1, 0.15) is 5.75 Å². The number of rotatable bonds is 10. The Labute approximate surface area is 156 Å². The SMILES string of the molecule is C[C@H](CCc1ccccc1)NC(=O)C[S@](=O)CCOc1ccccc1F. The van der Waals surface area contributed by atoms with Crippen molar-refractivity contribution in [2.75, 3.05) is 18.1 Å². The van der Waals surface area contributed by atoms with E-state index in [9.17, 15) is 13.4 Å². The number of amides is 1. The van der Waals surface area contributed by atoms with E-state index < -0.39 is 16.6 Å². The first kappa shape index (κ1) is 20.1. The number of nitrogens with one attached hydrogen (secondary N) is 1. The number of benzene rings is 2. The van der Waals surface area contributed by atoms with Crippen molar-refractivity contribution in [1.29, 1.82) is 0 Å². The topological polar surface area (TPSA) is 55.4 Å². The number of carbonyl (C=O) groups is 1. The molecule has 1 amide bonds. The number of hydrogen-bond acceptors (Lipinski definition) is 3. The number of ether oxygens (including phenoxy) is 1. The Morgan fingerprint density at radius 1 is 1.15 bits per heavy atom. The highest BCUT2D eigenvalue weighted by molar-refractivity contribution is 7.85. The Morgan fingerprint density at radius 3 is 2.58 bits per heavy atom. The molecule has 0 fully saturated rings. The van der Waals surface area contributed by atoms with E-state index in [-0.39, 0.29) is 35.8 Å². The molecule has 6 heteroatoms. The van der Waals surface area contributed by atoms with Gasteiger partial charge in [-0.2, -0.15) is 0 Å². The van der Waals surface area contributed by atoms with Crippen LogP contribution in [0.1, 0.15) is 18.9 Å². The number of hydrogen-bond donors (Lipinski definition) is 1. The molecule has 26 heavy (non-hydrogen) atoms. The van der Waals surface area contributed by atoms with Crippen LogP contribution in [0.4, 0.5) is 4.39 Å². The van der Waals surface area contributed by atoms with Crippen molar-refractivity contribution in [1.82, 2.24) is 5.32 Å². The van der Waals surface area contributed by atoms with Gasteiger partial charge in [-0.15, -0.1) is 0 Å². The zero-order valence-electron chi connectivity index (χ0n) is 14.8. The van der Waals surface area contributed by atoms with Crippen molar-refractivity contribution in [3.63, 3.8) is 0 Å². The predicted octanol–water partition coefficient (Wildman–Crippen LogP) is 3.09. The monoisotopic (exact) mass is 377 g/mol. The van der Waals surface area contributed by atoms with Crippen LogP contribution in [0.25, 0.3) is 0 Å². The summed E-state index contributed by atoms with van der Waals surface area (Å²) in [5.41, 5.74) is 1.22. The van der Waals surface area contributed by atoms with Crippen molar-refractivity contribution in [2.45, 2.75) is 25.8 Å². The third-order valence-electron chi connectivity index (χ3n) is 3.81. The van der Waals surface area contributed by atoms with Gasteiger partial charge in [-0.3, -0.25) is 9.00 Å². The number of para-hydroxylation sites is 1. The van der Waals surface area contributed by atoms with E-state index in [1.54, 1.807) is 12.1 Å². The summed E-state index contributed by atoms with van der Waals surface area (Å²) in [7, 11) is -1.35. The molecule has 0 radical (unpaired) electrons. The van der Waals surface area contributed by atoms with Crippen LogP contribution in [-0.2, 0) is 22.0 Å². The molecule has 0 aliphatic heterocycles.